The van der Waals surface area contributed by atoms with Crippen molar-refractivity contribution in [3.05, 3.63) is 60.2 Å². The molecule has 0 unspecified atom stereocenters. The van der Waals surface area contributed by atoms with Gasteiger partial charge in [-0.3, -0.25) is 14.4 Å². The van der Waals surface area contributed by atoms with E-state index in [1.165, 1.54) is 0 Å². The van der Waals surface area contributed by atoms with E-state index >= 15 is 0 Å². The first-order valence-electron chi connectivity index (χ1n) is 9.57. The molecule has 0 bridgehead atoms. The van der Waals surface area contributed by atoms with Gasteiger partial charge in [0.25, 0.3) is 5.91 Å². The van der Waals surface area contributed by atoms with Crippen molar-refractivity contribution < 1.29 is 14.4 Å². The van der Waals surface area contributed by atoms with Crippen molar-refractivity contribution in [1.29, 1.82) is 0 Å². The number of fused-ring (bicyclic) bond motifs is 2. The van der Waals surface area contributed by atoms with Crippen LogP contribution >= 0.6 is 0 Å². The van der Waals surface area contributed by atoms with Crippen molar-refractivity contribution in [2.75, 3.05) is 0 Å². The fraction of sp³-hybridized carbons (Fsp3) is 0.261. The standard InChI is InChI=1S/C23H22N2O3/c24-22(27)21(16-8-5-9-17(26)13-16)25-23(28)20-18-10-3-1-6-14(18)12-15-7-2-4-11-19(15)20/h1-4,6-7,10-12,16,21H,5,8-9,13H2,(H2,24,27)(H,25,28)/t16-,21-/m0/s1. The van der Waals surface area contributed by atoms with Crippen LogP contribution in [0.5, 0.6) is 0 Å². The van der Waals surface area contributed by atoms with Crippen molar-refractivity contribution in [2.24, 2.45) is 11.7 Å². The van der Waals surface area contributed by atoms with Gasteiger partial charge in [0.1, 0.15) is 11.8 Å². The molecule has 0 aromatic heterocycles. The number of hydrogen-bond donors (Lipinski definition) is 2. The molecule has 1 fully saturated rings. The molecule has 1 aliphatic rings. The quantitative estimate of drug-likeness (QED) is 0.687. The molecular weight excluding hydrogens is 352 g/mol. The van der Waals surface area contributed by atoms with Crippen molar-refractivity contribution in [2.45, 2.75) is 31.7 Å². The number of rotatable bonds is 4. The number of carbonyl (C=O) groups excluding carboxylic acids is 3. The summed E-state index contributed by atoms with van der Waals surface area (Å²) in [7, 11) is 0. The molecule has 0 saturated heterocycles. The summed E-state index contributed by atoms with van der Waals surface area (Å²) < 4.78 is 0. The fourth-order valence-corrected chi connectivity index (χ4v) is 4.24. The Balaban J connectivity index is 1.76. The second-order valence-electron chi connectivity index (χ2n) is 7.44. The zero-order valence-electron chi connectivity index (χ0n) is 15.5. The van der Waals surface area contributed by atoms with Crippen LogP contribution in [0.2, 0.25) is 0 Å². The Morgan fingerprint density at radius 2 is 1.61 bits per heavy atom. The molecular formula is C23H22N2O3. The molecule has 4 rings (SSSR count). The highest BCUT2D eigenvalue weighted by Gasteiger charge is 2.32. The number of benzene rings is 3. The largest absolute Gasteiger partial charge is 0.368 e. The number of ketones is 1. The third-order valence-corrected chi connectivity index (χ3v) is 5.58. The molecule has 3 aromatic carbocycles. The summed E-state index contributed by atoms with van der Waals surface area (Å²) in [6, 6.07) is 16.6. The molecule has 0 spiro atoms. The second kappa shape index (κ2) is 7.43. The Labute approximate surface area is 162 Å². The van der Waals surface area contributed by atoms with Crippen molar-refractivity contribution in [3.63, 3.8) is 0 Å². The maximum absolute atomic E-state index is 13.3. The molecule has 5 heteroatoms. The van der Waals surface area contributed by atoms with Crippen LogP contribution in [0.25, 0.3) is 21.5 Å². The molecule has 1 aliphatic carbocycles. The summed E-state index contributed by atoms with van der Waals surface area (Å²) in [6.07, 6.45) is 2.24. The third kappa shape index (κ3) is 3.36. The smallest absolute Gasteiger partial charge is 0.253 e. The monoisotopic (exact) mass is 374 g/mol. The second-order valence-corrected chi connectivity index (χ2v) is 7.44. The van der Waals surface area contributed by atoms with Crippen LogP contribution in [0.4, 0.5) is 0 Å². The Hall–Kier alpha value is -3.21. The van der Waals surface area contributed by atoms with E-state index in [1.807, 2.05) is 54.6 Å². The molecule has 2 amide bonds. The van der Waals surface area contributed by atoms with Crippen molar-refractivity contribution >= 4 is 39.1 Å². The van der Waals surface area contributed by atoms with E-state index < -0.39 is 11.9 Å². The van der Waals surface area contributed by atoms with Gasteiger partial charge in [-0.15, -0.1) is 0 Å². The highest BCUT2D eigenvalue weighted by Crippen LogP contribution is 2.29. The maximum Gasteiger partial charge on any atom is 0.253 e. The molecule has 5 nitrogen and oxygen atoms in total. The zero-order chi connectivity index (χ0) is 19.7. The lowest BCUT2D eigenvalue weighted by atomic mass is 9.82. The number of carbonyl (C=O) groups is 3. The van der Waals surface area contributed by atoms with E-state index in [2.05, 4.69) is 5.32 Å². The molecule has 28 heavy (non-hydrogen) atoms. The average molecular weight is 374 g/mol. The molecule has 3 N–H and O–H groups in total. The van der Waals surface area contributed by atoms with Gasteiger partial charge < -0.3 is 11.1 Å². The topological polar surface area (TPSA) is 89.3 Å². The third-order valence-electron chi connectivity index (χ3n) is 5.58. The Kier molecular flexibility index (Phi) is 4.82. The number of Topliss-reactive ketones (excluding diaryl/α,β-unsaturated/α-hetero) is 1. The van der Waals surface area contributed by atoms with Gasteiger partial charge in [-0.1, -0.05) is 48.5 Å². The van der Waals surface area contributed by atoms with E-state index in [-0.39, 0.29) is 24.0 Å². The van der Waals surface area contributed by atoms with Gasteiger partial charge in [-0.2, -0.15) is 0 Å². The molecule has 0 aliphatic heterocycles. The molecule has 0 radical (unpaired) electrons. The SMILES string of the molecule is NC(=O)[C@@H](NC(=O)c1c2ccccc2cc2ccccc12)[C@H]1CCCC(=O)C1. The summed E-state index contributed by atoms with van der Waals surface area (Å²) in [5.74, 6) is -1.07. The highest BCUT2D eigenvalue weighted by atomic mass is 16.2. The summed E-state index contributed by atoms with van der Waals surface area (Å²) in [6.45, 7) is 0. The first-order chi connectivity index (χ1) is 13.5. The minimum atomic E-state index is -0.852. The highest BCUT2D eigenvalue weighted by molar-refractivity contribution is 6.18. The number of primary amides is 1. The lowest BCUT2D eigenvalue weighted by Gasteiger charge is -2.28. The van der Waals surface area contributed by atoms with Crippen LogP contribution in [-0.4, -0.2) is 23.6 Å². The van der Waals surface area contributed by atoms with Crippen LogP contribution in [0.1, 0.15) is 36.0 Å². The van der Waals surface area contributed by atoms with E-state index in [0.29, 0.717) is 18.4 Å². The predicted octanol–water partition coefficient (Wildman–Crippen LogP) is 3.34. The van der Waals surface area contributed by atoms with Gasteiger partial charge in [0.05, 0.1) is 5.56 Å². The molecule has 3 aromatic rings. The molecule has 0 heterocycles. The number of nitrogens with one attached hydrogen (secondary N) is 1. The van der Waals surface area contributed by atoms with E-state index in [9.17, 15) is 14.4 Å². The number of hydrogen-bond acceptors (Lipinski definition) is 3. The number of nitrogens with two attached hydrogens (primary N) is 1. The van der Waals surface area contributed by atoms with Crippen LogP contribution in [-0.2, 0) is 9.59 Å². The molecule has 2 atom stereocenters. The summed E-state index contributed by atoms with van der Waals surface area (Å²) in [4.78, 5) is 37.2. The normalized spacial score (nSPS) is 18.1. The van der Waals surface area contributed by atoms with Gasteiger partial charge >= 0.3 is 0 Å². The minimum Gasteiger partial charge on any atom is -0.368 e. The van der Waals surface area contributed by atoms with Crippen LogP contribution in [0.15, 0.2) is 54.6 Å². The molecule has 142 valence electrons. The molecule has 1 saturated carbocycles. The summed E-state index contributed by atoms with van der Waals surface area (Å²) in [5.41, 5.74) is 6.13. The zero-order valence-corrected chi connectivity index (χ0v) is 15.5. The Morgan fingerprint density at radius 3 is 2.18 bits per heavy atom. The first-order valence-corrected chi connectivity index (χ1v) is 9.57. The van der Waals surface area contributed by atoms with E-state index in [1.54, 1.807) is 0 Å². The average Bonchev–Trinajstić information content (AvgIpc) is 2.69. The van der Waals surface area contributed by atoms with Gasteiger partial charge in [0.2, 0.25) is 5.91 Å². The first kappa shape index (κ1) is 18.2. The lowest BCUT2D eigenvalue weighted by Crippen LogP contribution is -2.50. The van der Waals surface area contributed by atoms with Crippen LogP contribution in [0.3, 0.4) is 0 Å². The summed E-state index contributed by atoms with van der Waals surface area (Å²) >= 11 is 0. The Morgan fingerprint density at radius 1 is 1.00 bits per heavy atom. The Bertz CT molecular complexity index is 1040. The van der Waals surface area contributed by atoms with Gasteiger partial charge in [0.15, 0.2) is 0 Å². The van der Waals surface area contributed by atoms with Gasteiger partial charge in [-0.25, -0.2) is 0 Å². The van der Waals surface area contributed by atoms with Crippen molar-refractivity contribution in [3.8, 4) is 0 Å². The van der Waals surface area contributed by atoms with Gasteiger partial charge in [0, 0.05) is 12.8 Å². The van der Waals surface area contributed by atoms with Gasteiger partial charge in [-0.05, 0) is 46.4 Å². The van der Waals surface area contributed by atoms with Crippen LogP contribution < -0.4 is 11.1 Å². The van der Waals surface area contributed by atoms with Crippen molar-refractivity contribution in [1.82, 2.24) is 5.32 Å². The predicted molar refractivity (Wildman–Crippen MR) is 109 cm³/mol. The lowest BCUT2D eigenvalue weighted by molar-refractivity contribution is -0.124. The van der Waals surface area contributed by atoms with E-state index in [0.717, 1.165) is 28.0 Å². The van der Waals surface area contributed by atoms with Crippen LogP contribution in [0, 0.1) is 5.92 Å². The van der Waals surface area contributed by atoms with E-state index in [4.69, 9.17) is 5.73 Å². The fourth-order valence-electron chi connectivity index (χ4n) is 4.24. The summed E-state index contributed by atoms with van der Waals surface area (Å²) in [5, 5.41) is 6.39. The number of amides is 2. The minimum absolute atomic E-state index is 0.118. The maximum atomic E-state index is 13.3.